The van der Waals surface area contributed by atoms with E-state index in [4.69, 9.17) is 30.9 Å². The number of ether oxygens (including phenoxy) is 1. The van der Waals surface area contributed by atoms with Crippen molar-refractivity contribution >= 4 is 35.5 Å². The van der Waals surface area contributed by atoms with Crippen LogP contribution in [-0.4, -0.2) is 65.6 Å². The minimum atomic E-state index is -5.72. The highest BCUT2D eigenvalue weighted by atomic mass is 31.3. The molecule has 22 heteroatoms. The molecule has 1 aliphatic rings. The number of rotatable bonds is 11. The van der Waals surface area contributed by atoms with Gasteiger partial charge >= 0.3 is 35.1 Å². The van der Waals surface area contributed by atoms with Crippen molar-refractivity contribution in [3.63, 3.8) is 0 Å². The summed E-state index contributed by atoms with van der Waals surface area (Å²) in [6.07, 6.45) is -0.179. The lowest BCUT2D eigenvalue weighted by atomic mass is 10.2. The third-order valence-electron chi connectivity index (χ3n) is 4.05. The van der Waals surface area contributed by atoms with Gasteiger partial charge in [-0.1, -0.05) is 6.08 Å². The first-order chi connectivity index (χ1) is 16.0. The SMILES string of the molecule is NC(N)=[NH+]C/C=C/c1cn([C@H]2C[C@H](O)[C@@H](COP(=O)(O)OP(=O)(O)OP(=O)(O)O)O2)c(=O)[nH]c1=O. The fraction of sp³-hybridized carbons (Fsp3) is 0.462. The van der Waals surface area contributed by atoms with Gasteiger partial charge in [0.25, 0.3) is 5.56 Å². The van der Waals surface area contributed by atoms with Gasteiger partial charge in [-0.2, -0.15) is 8.62 Å². The standard InChI is InChI=1S/C13H22N5O14P3/c14-12(15)16-3-1-2-7-5-18(13(21)17-11(7)20)10-4-8(19)9(30-10)6-29-34(25,26)32-35(27,28)31-33(22,23)24/h1-2,5,8-10,19H,3-4,6H2,(H,25,26)(H,27,28)(H4,14,15,16)(H,17,20,21)(H2,22,23,24)/p+1/b2-1+/t8-,9+,10+/m0/s1. The van der Waals surface area contributed by atoms with Gasteiger partial charge in [0.05, 0.1) is 24.8 Å². The Hall–Kier alpha value is -1.98. The minimum absolute atomic E-state index is 0.0248. The zero-order valence-electron chi connectivity index (χ0n) is 17.4. The van der Waals surface area contributed by atoms with Crippen LogP contribution in [0.1, 0.15) is 18.2 Å². The summed E-state index contributed by atoms with van der Waals surface area (Å²) < 4.78 is 51.7. The Morgan fingerprint density at radius 2 is 1.86 bits per heavy atom. The second-order valence-electron chi connectivity index (χ2n) is 6.81. The maximum Gasteiger partial charge on any atom is 0.490 e. The molecule has 2 rings (SSSR count). The van der Waals surface area contributed by atoms with E-state index < -0.39 is 59.8 Å². The second-order valence-corrected chi connectivity index (χ2v) is 11.2. The van der Waals surface area contributed by atoms with E-state index in [0.29, 0.717) is 0 Å². The van der Waals surface area contributed by atoms with E-state index >= 15 is 0 Å². The van der Waals surface area contributed by atoms with Crippen molar-refractivity contribution in [1.82, 2.24) is 9.55 Å². The van der Waals surface area contributed by atoms with E-state index in [-0.39, 0.29) is 24.5 Å². The average Bonchev–Trinajstić information content (AvgIpc) is 3.02. The van der Waals surface area contributed by atoms with Crippen molar-refractivity contribution in [2.75, 3.05) is 13.2 Å². The second kappa shape index (κ2) is 11.4. The number of H-pyrrole nitrogens is 1. The van der Waals surface area contributed by atoms with Gasteiger partial charge in [-0.3, -0.25) is 35.3 Å². The molecule has 1 saturated heterocycles. The zero-order valence-corrected chi connectivity index (χ0v) is 20.1. The van der Waals surface area contributed by atoms with Crippen LogP contribution in [0.2, 0.25) is 0 Å². The molecule has 0 aromatic carbocycles. The van der Waals surface area contributed by atoms with Crippen molar-refractivity contribution in [2.24, 2.45) is 11.5 Å². The molecule has 198 valence electrons. The molecule has 1 aliphatic heterocycles. The molecule has 11 N–H and O–H groups in total. The average molecular weight is 566 g/mol. The van der Waals surface area contributed by atoms with Gasteiger partial charge in [-0.15, -0.1) is 0 Å². The summed E-state index contributed by atoms with van der Waals surface area (Å²) in [6, 6.07) is 0. The van der Waals surface area contributed by atoms with Crippen molar-refractivity contribution in [1.29, 1.82) is 0 Å². The third kappa shape index (κ3) is 9.53. The largest absolute Gasteiger partial charge is 0.490 e. The molecule has 0 saturated carbocycles. The molecule has 35 heavy (non-hydrogen) atoms. The maximum absolute atomic E-state index is 12.2. The zero-order chi connectivity index (χ0) is 26.6. The molecule has 0 aliphatic carbocycles. The summed E-state index contributed by atoms with van der Waals surface area (Å²) in [6.45, 7) is -0.753. The van der Waals surface area contributed by atoms with Crippen LogP contribution in [0.15, 0.2) is 21.9 Å². The molecule has 0 spiro atoms. The number of phosphoric acid groups is 3. The van der Waals surface area contributed by atoms with Crippen molar-refractivity contribution in [3.8, 4) is 0 Å². The third-order valence-corrected chi connectivity index (χ3v) is 7.85. The molecule has 19 nitrogen and oxygen atoms in total. The Bertz CT molecular complexity index is 1230. The number of aromatic amines is 1. The molecule has 2 heterocycles. The topological polar surface area (TPSA) is 310 Å². The summed E-state index contributed by atoms with van der Waals surface area (Å²) in [5.74, 6) is -0.0518. The summed E-state index contributed by atoms with van der Waals surface area (Å²) in [5.41, 5.74) is 8.89. The summed E-state index contributed by atoms with van der Waals surface area (Å²) in [4.78, 5) is 64.5. The van der Waals surface area contributed by atoms with Gasteiger partial charge in [-0.05, 0) is 6.08 Å². The van der Waals surface area contributed by atoms with E-state index in [1.807, 2.05) is 0 Å². The van der Waals surface area contributed by atoms with E-state index in [9.17, 15) is 33.3 Å². The fourth-order valence-corrected chi connectivity index (χ4v) is 5.73. The highest BCUT2D eigenvalue weighted by Gasteiger charge is 2.43. The molecular weight excluding hydrogens is 543 g/mol. The minimum Gasteiger partial charge on any atom is -0.390 e. The number of phosphoric ester groups is 1. The van der Waals surface area contributed by atoms with Gasteiger partial charge in [0, 0.05) is 12.6 Å². The first-order valence-corrected chi connectivity index (χ1v) is 13.8. The lowest BCUT2D eigenvalue weighted by molar-refractivity contribution is -0.446. The van der Waals surface area contributed by atoms with E-state index in [1.54, 1.807) is 0 Å². The Balaban J connectivity index is 2.09. The van der Waals surface area contributed by atoms with Crippen LogP contribution < -0.4 is 27.7 Å². The Labute approximate surface area is 195 Å². The number of nitrogens with one attached hydrogen (secondary N) is 2. The molecule has 0 amide bonds. The van der Waals surface area contributed by atoms with Crippen molar-refractivity contribution in [3.05, 3.63) is 38.7 Å². The summed E-state index contributed by atoms with van der Waals surface area (Å²) in [7, 11) is -16.7. The maximum atomic E-state index is 12.2. The lowest BCUT2D eigenvalue weighted by Crippen LogP contribution is -2.77. The first-order valence-electron chi connectivity index (χ1n) is 9.24. The first kappa shape index (κ1) is 29.3. The number of aliphatic hydroxyl groups excluding tert-OH is 1. The molecule has 1 aromatic heterocycles. The van der Waals surface area contributed by atoms with Gasteiger partial charge in [-0.25, -0.2) is 18.5 Å². The summed E-state index contributed by atoms with van der Waals surface area (Å²) >= 11 is 0. The predicted octanol–water partition coefficient (Wildman–Crippen LogP) is -4.10. The number of nitrogens with two attached hydrogens (primary N) is 2. The van der Waals surface area contributed by atoms with Crippen molar-refractivity contribution in [2.45, 2.75) is 24.9 Å². The van der Waals surface area contributed by atoms with Crippen molar-refractivity contribution < 1.29 is 61.2 Å². The molecule has 5 atom stereocenters. The van der Waals surface area contributed by atoms with E-state index in [0.717, 1.165) is 10.8 Å². The van der Waals surface area contributed by atoms with Crippen LogP contribution in [0, 0.1) is 0 Å². The van der Waals surface area contributed by atoms with Crippen LogP contribution >= 0.6 is 23.5 Å². The number of hydrogen-bond acceptors (Lipinski definition) is 10. The molecule has 0 bridgehead atoms. The van der Waals surface area contributed by atoms with Crippen LogP contribution in [-0.2, 0) is 31.6 Å². The Morgan fingerprint density at radius 3 is 2.46 bits per heavy atom. The lowest BCUT2D eigenvalue weighted by Gasteiger charge is -2.19. The fourth-order valence-electron chi connectivity index (χ4n) is 2.70. The van der Waals surface area contributed by atoms with Gasteiger partial charge in [0.15, 0.2) is 0 Å². The number of aliphatic hydroxyl groups is 1. The van der Waals surface area contributed by atoms with Crippen LogP contribution in [0.25, 0.3) is 6.08 Å². The number of guanidine groups is 1. The molecule has 2 unspecified atom stereocenters. The van der Waals surface area contributed by atoms with Crippen LogP contribution in [0.3, 0.4) is 0 Å². The number of hydrogen-bond donors (Lipinski definition) is 9. The van der Waals surface area contributed by atoms with Crippen LogP contribution in [0.4, 0.5) is 0 Å². The van der Waals surface area contributed by atoms with Gasteiger partial charge < -0.3 is 29.4 Å². The summed E-state index contributed by atoms with van der Waals surface area (Å²) in [5, 5.41) is 10.2. The normalized spacial score (nSPS) is 24.2. The molecular formula is C13H23N5O14P3+. The van der Waals surface area contributed by atoms with Gasteiger partial charge in [0.1, 0.15) is 12.3 Å². The number of nitrogens with zero attached hydrogens (tertiary/aromatic N) is 1. The highest BCUT2D eigenvalue weighted by Crippen LogP contribution is 2.66. The number of aromatic nitrogens is 2. The smallest absolute Gasteiger partial charge is 0.390 e. The molecule has 0 radical (unpaired) electrons. The monoisotopic (exact) mass is 566 g/mol. The van der Waals surface area contributed by atoms with Gasteiger partial charge in [0.2, 0.25) is 0 Å². The Morgan fingerprint density at radius 1 is 1.20 bits per heavy atom. The molecule has 1 fully saturated rings. The predicted molar refractivity (Wildman–Crippen MR) is 114 cm³/mol. The van der Waals surface area contributed by atoms with E-state index in [1.165, 1.54) is 12.2 Å². The van der Waals surface area contributed by atoms with Crippen LogP contribution in [0.5, 0.6) is 0 Å². The highest BCUT2D eigenvalue weighted by molar-refractivity contribution is 7.66. The van der Waals surface area contributed by atoms with E-state index in [2.05, 4.69) is 23.1 Å². The molecule has 1 aromatic rings. The quantitative estimate of drug-likeness (QED) is 0.0698. The Kier molecular flexibility index (Phi) is 9.52.